The standard InChI is InChI=1S/C20H31N2O3.W/c1-16(23)14-19(15-17-6-9-22-10-7-17)18-2-4-20(5-3-18)25-13-12-24-11-8-21;/h2-5,17,19H,6-15,21H2,1H3;/q-1;. The molecule has 1 saturated heterocycles. The Balaban J connectivity index is 0.00000338. The molecule has 1 aliphatic heterocycles. The number of nitrogens with zero attached hydrogens (tertiary/aromatic N) is 1. The predicted octanol–water partition coefficient (Wildman–Crippen LogP) is 3.27. The van der Waals surface area contributed by atoms with E-state index in [1.54, 1.807) is 6.92 Å². The zero-order chi connectivity index (χ0) is 17.9. The Morgan fingerprint density at radius 2 is 1.88 bits per heavy atom. The van der Waals surface area contributed by atoms with Crippen LogP contribution in [0.15, 0.2) is 24.3 Å². The summed E-state index contributed by atoms with van der Waals surface area (Å²) >= 11 is 0. The molecule has 0 aliphatic carbocycles. The molecule has 0 radical (unpaired) electrons. The van der Waals surface area contributed by atoms with E-state index >= 15 is 0 Å². The van der Waals surface area contributed by atoms with Crippen molar-refractivity contribution in [2.75, 3.05) is 39.5 Å². The van der Waals surface area contributed by atoms with Crippen LogP contribution in [0.3, 0.4) is 0 Å². The first-order chi connectivity index (χ1) is 12.2. The Morgan fingerprint density at radius 1 is 1.19 bits per heavy atom. The summed E-state index contributed by atoms with van der Waals surface area (Å²) in [5.41, 5.74) is 6.60. The smallest absolute Gasteiger partial charge is 0.130 e. The number of benzene rings is 1. The van der Waals surface area contributed by atoms with Crippen molar-refractivity contribution in [3.05, 3.63) is 35.1 Å². The van der Waals surface area contributed by atoms with Gasteiger partial charge in [-0.05, 0) is 42.9 Å². The molecule has 1 unspecified atom stereocenters. The van der Waals surface area contributed by atoms with Crippen molar-refractivity contribution in [2.45, 2.75) is 38.5 Å². The van der Waals surface area contributed by atoms with Crippen LogP contribution >= 0.6 is 0 Å². The second-order valence-corrected chi connectivity index (χ2v) is 6.77. The summed E-state index contributed by atoms with van der Waals surface area (Å²) in [6.07, 6.45) is 3.99. The zero-order valence-electron chi connectivity index (χ0n) is 15.7. The molecule has 146 valence electrons. The summed E-state index contributed by atoms with van der Waals surface area (Å²) in [6, 6.07) is 8.16. The predicted molar refractivity (Wildman–Crippen MR) is 100 cm³/mol. The molecule has 0 spiro atoms. The number of piperidine rings is 1. The Kier molecular flexibility index (Phi) is 12.0. The van der Waals surface area contributed by atoms with E-state index in [1.807, 2.05) is 12.1 Å². The van der Waals surface area contributed by atoms with Gasteiger partial charge in [0.1, 0.15) is 18.1 Å². The number of carbonyl (C=O) groups is 1. The fourth-order valence-electron chi connectivity index (χ4n) is 3.37. The molecule has 0 amide bonds. The maximum atomic E-state index is 11.7. The van der Waals surface area contributed by atoms with Gasteiger partial charge in [-0.3, -0.25) is 0 Å². The summed E-state index contributed by atoms with van der Waals surface area (Å²) in [6.45, 7) is 5.76. The van der Waals surface area contributed by atoms with E-state index < -0.39 is 0 Å². The number of ketones is 1. The van der Waals surface area contributed by atoms with Crippen LogP contribution in [0.25, 0.3) is 5.32 Å². The Bertz CT molecular complexity index is 504. The fraction of sp³-hybridized carbons (Fsp3) is 0.650. The third kappa shape index (κ3) is 8.76. The van der Waals surface area contributed by atoms with Gasteiger partial charge in [0.05, 0.1) is 13.2 Å². The van der Waals surface area contributed by atoms with Crippen LogP contribution in [0.4, 0.5) is 0 Å². The molecule has 1 aromatic carbocycles. The van der Waals surface area contributed by atoms with E-state index in [-0.39, 0.29) is 26.8 Å². The van der Waals surface area contributed by atoms with Crippen LogP contribution in [0, 0.1) is 5.92 Å². The molecule has 26 heavy (non-hydrogen) atoms. The number of nitrogens with two attached hydrogens (primary N) is 1. The fourth-order valence-corrected chi connectivity index (χ4v) is 3.37. The molecule has 1 atom stereocenters. The Hall–Kier alpha value is -0.742. The first kappa shape index (κ1) is 23.3. The molecule has 2 N–H and O–H groups in total. The summed E-state index contributed by atoms with van der Waals surface area (Å²) in [7, 11) is 0. The molecule has 1 heterocycles. The van der Waals surface area contributed by atoms with Gasteiger partial charge in [-0.1, -0.05) is 25.0 Å². The largest absolute Gasteiger partial charge is 0.662 e. The van der Waals surface area contributed by atoms with E-state index in [1.165, 1.54) is 5.56 Å². The molecule has 1 aliphatic rings. The average molecular weight is 531 g/mol. The third-order valence-electron chi connectivity index (χ3n) is 4.65. The van der Waals surface area contributed by atoms with Crippen LogP contribution in [0.1, 0.15) is 44.1 Å². The summed E-state index contributed by atoms with van der Waals surface area (Å²) < 4.78 is 11.0. The third-order valence-corrected chi connectivity index (χ3v) is 4.65. The van der Waals surface area contributed by atoms with Crippen LogP contribution in [-0.2, 0) is 30.6 Å². The van der Waals surface area contributed by atoms with Gasteiger partial charge in [0, 0.05) is 34.0 Å². The number of Topliss-reactive ketones (excluding diaryl/α,β-unsaturated/α-hetero) is 1. The quantitative estimate of drug-likeness (QED) is 0.445. The molecular weight excluding hydrogens is 500 g/mol. The van der Waals surface area contributed by atoms with E-state index in [2.05, 4.69) is 17.4 Å². The maximum absolute atomic E-state index is 11.7. The summed E-state index contributed by atoms with van der Waals surface area (Å²) in [5.74, 6) is 2.06. The van der Waals surface area contributed by atoms with E-state index in [0.29, 0.717) is 44.6 Å². The van der Waals surface area contributed by atoms with Crippen LogP contribution in [0.2, 0.25) is 0 Å². The molecule has 2 rings (SSSR count). The minimum absolute atomic E-state index is 0. The monoisotopic (exact) mass is 531 g/mol. The SMILES string of the molecule is CC(=O)CC(CC1CC[N-]CC1)c1ccc(OCCOCCN)cc1.[W]. The van der Waals surface area contributed by atoms with Crippen molar-refractivity contribution >= 4 is 5.78 Å². The second-order valence-electron chi connectivity index (χ2n) is 6.77. The first-order valence-electron chi connectivity index (χ1n) is 9.32. The van der Waals surface area contributed by atoms with E-state index in [9.17, 15) is 4.79 Å². The number of carbonyl (C=O) groups excluding carboxylic acids is 1. The maximum Gasteiger partial charge on any atom is 0.130 e. The Labute approximate surface area is 171 Å². The van der Waals surface area contributed by atoms with Crippen LogP contribution in [-0.4, -0.2) is 45.2 Å². The normalized spacial score (nSPS) is 15.9. The number of ether oxygens (including phenoxy) is 2. The number of hydrogen-bond acceptors (Lipinski definition) is 4. The van der Waals surface area contributed by atoms with Gasteiger partial charge in [0.15, 0.2) is 0 Å². The van der Waals surface area contributed by atoms with Crippen molar-refractivity contribution in [1.29, 1.82) is 0 Å². The van der Waals surface area contributed by atoms with Crippen molar-refractivity contribution < 1.29 is 35.3 Å². The number of hydrogen-bond donors (Lipinski definition) is 1. The average Bonchev–Trinajstić information content (AvgIpc) is 2.62. The van der Waals surface area contributed by atoms with E-state index in [4.69, 9.17) is 15.2 Å². The van der Waals surface area contributed by atoms with Gasteiger partial charge in [-0.25, -0.2) is 0 Å². The van der Waals surface area contributed by atoms with Gasteiger partial charge < -0.3 is 25.3 Å². The van der Waals surface area contributed by atoms with Crippen molar-refractivity contribution in [3.8, 4) is 5.75 Å². The van der Waals surface area contributed by atoms with Crippen LogP contribution < -0.4 is 10.5 Å². The van der Waals surface area contributed by atoms with Crippen molar-refractivity contribution in [3.63, 3.8) is 0 Å². The van der Waals surface area contributed by atoms with E-state index in [0.717, 1.165) is 38.1 Å². The molecule has 0 bridgehead atoms. The minimum atomic E-state index is 0. The summed E-state index contributed by atoms with van der Waals surface area (Å²) in [5, 5.41) is 4.43. The second kappa shape index (κ2) is 13.4. The van der Waals surface area contributed by atoms with Crippen molar-refractivity contribution in [2.24, 2.45) is 11.7 Å². The van der Waals surface area contributed by atoms with Gasteiger partial charge in [0.25, 0.3) is 0 Å². The van der Waals surface area contributed by atoms with Crippen molar-refractivity contribution in [1.82, 2.24) is 0 Å². The molecule has 1 fully saturated rings. The van der Waals surface area contributed by atoms with Crippen LogP contribution in [0.5, 0.6) is 5.75 Å². The van der Waals surface area contributed by atoms with Gasteiger partial charge >= 0.3 is 0 Å². The molecule has 6 heteroatoms. The molecule has 1 aromatic rings. The molecule has 0 saturated carbocycles. The van der Waals surface area contributed by atoms with Gasteiger partial charge in [-0.2, -0.15) is 0 Å². The minimum Gasteiger partial charge on any atom is -0.662 e. The topological polar surface area (TPSA) is 75.7 Å². The Morgan fingerprint density at radius 3 is 2.50 bits per heavy atom. The molecular formula is C20H31N2O3W-. The molecule has 5 nitrogen and oxygen atoms in total. The summed E-state index contributed by atoms with van der Waals surface area (Å²) in [4.78, 5) is 11.7. The zero-order valence-corrected chi connectivity index (χ0v) is 18.6. The van der Waals surface area contributed by atoms with Gasteiger partial charge in [0.2, 0.25) is 0 Å². The molecule has 0 aromatic heterocycles. The van der Waals surface area contributed by atoms with Gasteiger partial charge in [-0.15, -0.1) is 13.1 Å². The first-order valence-corrected chi connectivity index (χ1v) is 9.32. The number of rotatable bonds is 11.